The maximum absolute atomic E-state index is 4.91. The van der Waals surface area contributed by atoms with Gasteiger partial charge in [-0.05, 0) is 37.9 Å². The van der Waals surface area contributed by atoms with Crippen molar-refractivity contribution >= 4 is 44.1 Å². The molecule has 4 heteroatoms. The molecule has 0 aliphatic heterocycles. The highest BCUT2D eigenvalue weighted by Crippen LogP contribution is 2.21. The second-order valence-electron chi connectivity index (χ2n) is 1.47. The Hall–Kier alpha value is 0.330. The average Bonchev–Trinajstić information content (AvgIpc) is 1.83. The van der Waals surface area contributed by atoms with Gasteiger partial charge in [0.1, 0.15) is 4.64 Å². The van der Waals surface area contributed by atoms with Gasteiger partial charge in [0.05, 0.1) is 4.47 Å². The van der Waals surface area contributed by atoms with Gasteiger partial charge in [0, 0.05) is 10.7 Å². The fourth-order valence-corrected chi connectivity index (χ4v) is 1.32. The predicted molar refractivity (Wildman–Crippen MR) is 47.0 cm³/mol. The summed E-state index contributed by atoms with van der Waals surface area (Å²) in [5, 5.41) is 0. The van der Waals surface area contributed by atoms with E-state index in [1.165, 1.54) is 0 Å². The smallest absolute Gasteiger partial charge is 0.118 e. The molecule has 0 amide bonds. The van der Waals surface area contributed by atoms with Crippen LogP contribution < -0.4 is 0 Å². The van der Waals surface area contributed by atoms with Gasteiger partial charge in [-0.2, -0.15) is 0 Å². The quantitative estimate of drug-likeness (QED) is 0.714. The van der Waals surface area contributed by atoms with Crippen LogP contribution in [0.3, 0.4) is 0 Å². The highest BCUT2D eigenvalue weighted by molar-refractivity contribution is 9.13. The molecule has 0 unspecified atom stereocenters. The van der Waals surface area contributed by atoms with E-state index >= 15 is 0 Å². The summed E-state index contributed by atoms with van der Waals surface area (Å²) >= 11 is 11.5. The largest absolute Gasteiger partial charge is 0.352 e. The van der Waals surface area contributed by atoms with Gasteiger partial charge in [-0.15, -0.1) is 0 Å². The monoisotopic (exact) mass is 267 g/mol. The molecule has 0 bridgehead atoms. The summed E-state index contributed by atoms with van der Waals surface area (Å²) in [5.41, 5.74) is 0. The first-order valence-corrected chi connectivity index (χ1v) is 4.24. The van der Waals surface area contributed by atoms with Crippen LogP contribution in [0.1, 0.15) is 0 Å². The lowest BCUT2D eigenvalue weighted by atomic mass is 10.5. The standard InChI is InChI=1S/C5H3Br2NS/c6-3-1-2-8-5(9)4(3)7/h1-2H,(H,8,9). The fourth-order valence-electron chi connectivity index (χ4n) is 0.436. The Morgan fingerprint density at radius 2 is 2.11 bits per heavy atom. The molecule has 0 atom stereocenters. The van der Waals surface area contributed by atoms with Gasteiger partial charge >= 0.3 is 0 Å². The second kappa shape index (κ2) is 2.94. The number of halogens is 2. The van der Waals surface area contributed by atoms with Crippen LogP contribution >= 0.6 is 44.1 Å². The van der Waals surface area contributed by atoms with Gasteiger partial charge in [0.15, 0.2) is 0 Å². The maximum Gasteiger partial charge on any atom is 0.118 e. The lowest BCUT2D eigenvalue weighted by molar-refractivity contribution is 1.26. The minimum Gasteiger partial charge on any atom is -0.352 e. The Balaban J connectivity index is 3.43. The maximum atomic E-state index is 4.91. The number of nitrogens with one attached hydrogen (secondary N) is 1. The van der Waals surface area contributed by atoms with E-state index in [4.69, 9.17) is 12.2 Å². The Morgan fingerprint density at radius 1 is 1.44 bits per heavy atom. The molecule has 9 heavy (non-hydrogen) atoms. The third-order valence-corrected chi connectivity index (χ3v) is 3.45. The SMILES string of the molecule is S=c1[nH]ccc(Br)c1Br. The fraction of sp³-hybridized carbons (Fsp3) is 0. The Morgan fingerprint density at radius 3 is 2.56 bits per heavy atom. The molecule has 0 spiro atoms. The lowest BCUT2D eigenvalue weighted by Crippen LogP contribution is -1.74. The van der Waals surface area contributed by atoms with E-state index in [0.717, 1.165) is 8.95 Å². The van der Waals surface area contributed by atoms with Crippen molar-refractivity contribution in [3.8, 4) is 0 Å². The first-order chi connectivity index (χ1) is 4.22. The van der Waals surface area contributed by atoms with Gasteiger partial charge in [0.2, 0.25) is 0 Å². The van der Waals surface area contributed by atoms with Crippen LogP contribution in [0.2, 0.25) is 0 Å². The minimum absolute atomic E-state index is 0.712. The summed E-state index contributed by atoms with van der Waals surface area (Å²) in [7, 11) is 0. The van der Waals surface area contributed by atoms with Crippen molar-refractivity contribution in [3.63, 3.8) is 0 Å². The van der Waals surface area contributed by atoms with Crippen LogP contribution in [0.5, 0.6) is 0 Å². The van der Waals surface area contributed by atoms with E-state index in [1.807, 2.05) is 6.07 Å². The van der Waals surface area contributed by atoms with E-state index in [1.54, 1.807) is 6.20 Å². The number of hydrogen-bond donors (Lipinski definition) is 1. The van der Waals surface area contributed by atoms with Crippen molar-refractivity contribution in [2.45, 2.75) is 0 Å². The normalized spacial score (nSPS) is 9.56. The molecule has 1 nitrogen and oxygen atoms in total. The number of aromatic nitrogens is 1. The van der Waals surface area contributed by atoms with Crippen molar-refractivity contribution in [1.29, 1.82) is 0 Å². The van der Waals surface area contributed by atoms with Crippen molar-refractivity contribution < 1.29 is 0 Å². The number of pyridine rings is 1. The Labute approximate surface area is 74.7 Å². The van der Waals surface area contributed by atoms with Gasteiger partial charge in [-0.25, -0.2) is 0 Å². The third-order valence-electron chi connectivity index (χ3n) is 0.853. The van der Waals surface area contributed by atoms with Gasteiger partial charge in [-0.1, -0.05) is 12.2 Å². The molecule has 0 fully saturated rings. The van der Waals surface area contributed by atoms with Crippen molar-refractivity contribution in [1.82, 2.24) is 4.98 Å². The highest BCUT2D eigenvalue weighted by atomic mass is 79.9. The molecule has 1 N–H and O–H groups in total. The van der Waals surface area contributed by atoms with E-state index in [9.17, 15) is 0 Å². The van der Waals surface area contributed by atoms with E-state index < -0.39 is 0 Å². The molecule has 1 aromatic rings. The molecule has 0 aliphatic carbocycles. The van der Waals surface area contributed by atoms with E-state index in [0.29, 0.717) is 4.64 Å². The molecule has 0 radical (unpaired) electrons. The Kier molecular flexibility index (Phi) is 2.43. The zero-order chi connectivity index (χ0) is 6.85. The van der Waals surface area contributed by atoms with Crippen LogP contribution in [0, 0.1) is 4.64 Å². The molecular formula is C5H3Br2NS. The van der Waals surface area contributed by atoms with Gasteiger partial charge in [-0.3, -0.25) is 0 Å². The zero-order valence-corrected chi connectivity index (χ0v) is 8.31. The molecule has 0 saturated carbocycles. The summed E-state index contributed by atoms with van der Waals surface area (Å²) in [6.45, 7) is 0. The number of aromatic amines is 1. The molecule has 1 aromatic heterocycles. The second-order valence-corrected chi connectivity index (χ2v) is 3.52. The molecule has 1 rings (SSSR count). The molecule has 0 aromatic carbocycles. The topological polar surface area (TPSA) is 15.8 Å². The van der Waals surface area contributed by atoms with Crippen molar-refractivity contribution in [3.05, 3.63) is 25.8 Å². The van der Waals surface area contributed by atoms with Crippen LogP contribution in [-0.4, -0.2) is 4.98 Å². The van der Waals surface area contributed by atoms with E-state index in [2.05, 4.69) is 36.8 Å². The molecule has 1 heterocycles. The molecule has 0 saturated heterocycles. The third kappa shape index (κ3) is 1.63. The Bertz CT molecular complexity index is 268. The summed E-state index contributed by atoms with van der Waals surface area (Å²) in [6.07, 6.45) is 1.79. The van der Waals surface area contributed by atoms with Crippen LogP contribution in [0.15, 0.2) is 21.2 Å². The van der Waals surface area contributed by atoms with Crippen LogP contribution in [0.25, 0.3) is 0 Å². The predicted octanol–water partition coefficient (Wildman–Crippen LogP) is 3.27. The number of H-pyrrole nitrogens is 1. The summed E-state index contributed by atoms with van der Waals surface area (Å²) in [4.78, 5) is 2.88. The molecule has 48 valence electrons. The zero-order valence-electron chi connectivity index (χ0n) is 4.32. The number of rotatable bonds is 0. The van der Waals surface area contributed by atoms with Crippen molar-refractivity contribution in [2.24, 2.45) is 0 Å². The number of hydrogen-bond acceptors (Lipinski definition) is 1. The van der Waals surface area contributed by atoms with Crippen molar-refractivity contribution in [2.75, 3.05) is 0 Å². The van der Waals surface area contributed by atoms with Gasteiger partial charge < -0.3 is 4.98 Å². The first-order valence-electron chi connectivity index (χ1n) is 2.24. The lowest BCUT2D eigenvalue weighted by Gasteiger charge is -1.91. The molecule has 0 aliphatic rings. The first kappa shape index (κ1) is 7.44. The minimum atomic E-state index is 0.712. The van der Waals surface area contributed by atoms with E-state index in [-0.39, 0.29) is 0 Å². The van der Waals surface area contributed by atoms with Gasteiger partial charge in [0.25, 0.3) is 0 Å². The highest BCUT2D eigenvalue weighted by Gasteiger charge is 1.93. The average molecular weight is 269 g/mol. The summed E-state index contributed by atoms with van der Waals surface area (Å²) in [6, 6.07) is 1.89. The summed E-state index contributed by atoms with van der Waals surface area (Å²) in [5.74, 6) is 0. The molecular weight excluding hydrogens is 266 g/mol. The van der Waals surface area contributed by atoms with Crippen LogP contribution in [0.4, 0.5) is 0 Å². The summed E-state index contributed by atoms with van der Waals surface area (Å²) < 4.78 is 2.59. The van der Waals surface area contributed by atoms with Crippen LogP contribution in [-0.2, 0) is 0 Å².